The van der Waals surface area contributed by atoms with Gasteiger partial charge in [0.05, 0.1) is 6.61 Å². The maximum absolute atomic E-state index is 13.5. The van der Waals surface area contributed by atoms with E-state index in [1.54, 1.807) is 0 Å². The van der Waals surface area contributed by atoms with Crippen LogP contribution in [0.25, 0.3) is 0 Å². The topological polar surface area (TPSA) is 52.6 Å². The van der Waals surface area contributed by atoms with Crippen LogP contribution < -0.4 is 0 Å². The van der Waals surface area contributed by atoms with Gasteiger partial charge in [-0.05, 0) is 18.9 Å². The Morgan fingerprint density at radius 2 is 1.06 bits per heavy atom. The summed E-state index contributed by atoms with van der Waals surface area (Å²) in [4.78, 5) is 23.5. The molecular formula is C28H43F3O4. The van der Waals surface area contributed by atoms with Crippen molar-refractivity contribution in [1.29, 1.82) is 0 Å². The van der Waals surface area contributed by atoms with Crippen molar-refractivity contribution in [2.75, 3.05) is 6.61 Å². The van der Waals surface area contributed by atoms with E-state index in [-0.39, 0.29) is 30.8 Å². The highest BCUT2D eigenvalue weighted by atomic mass is 19.2. The van der Waals surface area contributed by atoms with Crippen LogP contribution in [0.5, 0.6) is 0 Å². The minimum Gasteiger partial charge on any atom is -0.466 e. The summed E-state index contributed by atoms with van der Waals surface area (Å²) >= 11 is 0. The Morgan fingerprint density at radius 3 is 1.60 bits per heavy atom. The summed E-state index contributed by atoms with van der Waals surface area (Å²) in [6.07, 6.45) is 18.0. The molecule has 0 heterocycles. The van der Waals surface area contributed by atoms with Crippen LogP contribution in [0.15, 0.2) is 12.1 Å². The van der Waals surface area contributed by atoms with Gasteiger partial charge in [0.1, 0.15) is 12.4 Å². The van der Waals surface area contributed by atoms with E-state index in [9.17, 15) is 22.8 Å². The number of carbonyl (C=O) groups excluding carboxylic acids is 2. The molecule has 0 saturated heterocycles. The summed E-state index contributed by atoms with van der Waals surface area (Å²) in [6.45, 7) is 2.14. The summed E-state index contributed by atoms with van der Waals surface area (Å²) in [5.74, 6) is -4.50. The van der Waals surface area contributed by atoms with Gasteiger partial charge in [0.15, 0.2) is 11.6 Å². The monoisotopic (exact) mass is 500 g/mol. The fraction of sp³-hybridized carbons (Fsp3) is 0.714. The van der Waals surface area contributed by atoms with Crippen molar-refractivity contribution in [3.8, 4) is 0 Å². The first-order valence-corrected chi connectivity index (χ1v) is 13.4. The van der Waals surface area contributed by atoms with Gasteiger partial charge in [0.2, 0.25) is 0 Å². The van der Waals surface area contributed by atoms with Crippen molar-refractivity contribution in [3.05, 3.63) is 35.1 Å². The SMILES string of the molecule is CCCCCCCCCCCCCCCCOC(=O)CCCC(=O)OCc1cc(F)c(F)cc1F. The number of ether oxygens (including phenoxy) is 2. The van der Waals surface area contributed by atoms with Crippen LogP contribution in [0, 0.1) is 17.5 Å². The maximum Gasteiger partial charge on any atom is 0.306 e. The molecule has 0 aliphatic heterocycles. The van der Waals surface area contributed by atoms with Crippen molar-refractivity contribution in [2.45, 2.75) is 123 Å². The molecule has 0 aromatic heterocycles. The first-order chi connectivity index (χ1) is 16.9. The number of hydrogen-bond acceptors (Lipinski definition) is 4. The van der Waals surface area contributed by atoms with Crippen LogP contribution in [-0.4, -0.2) is 18.5 Å². The Morgan fingerprint density at radius 1 is 0.600 bits per heavy atom. The summed E-state index contributed by atoms with van der Waals surface area (Å²) in [7, 11) is 0. The summed E-state index contributed by atoms with van der Waals surface area (Å²) in [6, 6.07) is 1.07. The molecule has 1 rings (SSSR count). The van der Waals surface area contributed by atoms with Gasteiger partial charge in [-0.3, -0.25) is 9.59 Å². The lowest BCUT2D eigenvalue weighted by Crippen LogP contribution is -2.09. The number of halogens is 3. The quantitative estimate of drug-likeness (QED) is 0.0967. The number of hydrogen-bond donors (Lipinski definition) is 0. The Labute approximate surface area is 209 Å². The zero-order valence-electron chi connectivity index (χ0n) is 21.4. The van der Waals surface area contributed by atoms with Gasteiger partial charge in [0.25, 0.3) is 0 Å². The van der Waals surface area contributed by atoms with Crippen molar-refractivity contribution >= 4 is 11.9 Å². The highest BCUT2D eigenvalue weighted by Crippen LogP contribution is 2.16. The first kappa shape index (κ1) is 31.0. The molecule has 0 aliphatic rings. The van der Waals surface area contributed by atoms with E-state index < -0.39 is 30.0 Å². The van der Waals surface area contributed by atoms with E-state index >= 15 is 0 Å². The number of benzene rings is 1. The minimum absolute atomic E-state index is 0.0424. The second-order valence-electron chi connectivity index (χ2n) is 9.19. The van der Waals surface area contributed by atoms with E-state index in [2.05, 4.69) is 6.92 Å². The Hall–Kier alpha value is -2.05. The molecule has 0 unspecified atom stereocenters. The van der Waals surface area contributed by atoms with Gasteiger partial charge < -0.3 is 9.47 Å². The van der Waals surface area contributed by atoms with Gasteiger partial charge in [-0.2, -0.15) is 0 Å². The third kappa shape index (κ3) is 16.3. The Kier molecular flexibility index (Phi) is 17.9. The number of unbranched alkanes of at least 4 members (excludes halogenated alkanes) is 13. The second-order valence-corrected chi connectivity index (χ2v) is 9.19. The van der Waals surface area contributed by atoms with E-state index in [4.69, 9.17) is 9.47 Å². The molecule has 1 aromatic rings. The van der Waals surface area contributed by atoms with Crippen LogP contribution in [0.1, 0.15) is 122 Å². The maximum atomic E-state index is 13.5. The van der Waals surface area contributed by atoms with Gasteiger partial charge in [0, 0.05) is 24.5 Å². The Bertz CT molecular complexity index is 724. The standard InChI is InChI=1S/C28H43F3O4/c1-2-3-4-5-6-7-8-9-10-11-12-13-14-15-19-34-27(32)17-16-18-28(33)35-22-23-20-25(30)26(31)21-24(23)29/h20-21H,2-19,22H2,1H3. The lowest BCUT2D eigenvalue weighted by atomic mass is 10.0. The minimum atomic E-state index is -1.30. The normalized spacial score (nSPS) is 11.0. The van der Waals surface area contributed by atoms with Gasteiger partial charge in [-0.1, -0.05) is 90.4 Å². The average molecular weight is 501 g/mol. The number of carbonyl (C=O) groups is 2. The highest BCUT2D eigenvalue weighted by Gasteiger charge is 2.12. The molecule has 0 saturated carbocycles. The van der Waals surface area contributed by atoms with Gasteiger partial charge in [-0.15, -0.1) is 0 Å². The molecule has 0 amide bonds. The van der Waals surface area contributed by atoms with Crippen molar-refractivity contribution < 1.29 is 32.2 Å². The van der Waals surface area contributed by atoms with Crippen molar-refractivity contribution in [3.63, 3.8) is 0 Å². The smallest absolute Gasteiger partial charge is 0.306 e. The molecular weight excluding hydrogens is 457 g/mol. The molecule has 4 nitrogen and oxygen atoms in total. The summed E-state index contributed by atoms with van der Waals surface area (Å²) in [5, 5.41) is 0. The summed E-state index contributed by atoms with van der Waals surface area (Å²) < 4.78 is 49.6. The molecule has 1 aromatic carbocycles. The van der Waals surface area contributed by atoms with Crippen LogP contribution in [0.2, 0.25) is 0 Å². The van der Waals surface area contributed by atoms with Crippen molar-refractivity contribution in [2.24, 2.45) is 0 Å². The molecule has 200 valence electrons. The van der Waals surface area contributed by atoms with E-state index in [0.717, 1.165) is 19.3 Å². The van der Waals surface area contributed by atoms with E-state index in [0.29, 0.717) is 18.7 Å². The molecule has 0 radical (unpaired) electrons. The molecule has 0 fully saturated rings. The Balaban J connectivity index is 1.90. The highest BCUT2D eigenvalue weighted by molar-refractivity contribution is 5.72. The lowest BCUT2D eigenvalue weighted by Gasteiger charge is -2.07. The van der Waals surface area contributed by atoms with Crippen LogP contribution in [0.3, 0.4) is 0 Å². The molecule has 0 atom stereocenters. The van der Waals surface area contributed by atoms with Gasteiger partial charge >= 0.3 is 11.9 Å². The zero-order valence-corrected chi connectivity index (χ0v) is 21.4. The van der Waals surface area contributed by atoms with Crippen LogP contribution >= 0.6 is 0 Å². The van der Waals surface area contributed by atoms with Crippen LogP contribution in [-0.2, 0) is 25.7 Å². The lowest BCUT2D eigenvalue weighted by molar-refractivity contribution is -0.146. The van der Waals surface area contributed by atoms with Gasteiger partial charge in [-0.25, -0.2) is 13.2 Å². The molecule has 0 N–H and O–H groups in total. The molecule has 0 bridgehead atoms. The van der Waals surface area contributed by atoms with Crippen molar-refractivity contribution in [1.82, 2.24) is 0 Å². The zero-order chi connectivity index (χ0) is 25.7. The largest absolute Gasteiger partial charge is 0.466 e. The fourth-order valence-corrected chi connectivity index (χ4v) is 3.84. The molecule has 0 spiro atoms. The second kappa shape index (κ2) is 20.2. The fourth-order valence-electron chi connectivity index (χ4n) is 3.84. The third-order valence-corrected chi connectivity index (χ3v) is 6.00. The summed E-state index contributed by atoms with van der Waals surface area (Å²) in [5.41, 5.74) is -0.246. The predicted octanol–water partition coefficient (Wildman–Crippen LogP) is 8.34. The third-order valence-electron chi connectivity index (χ3n) is 6.00. The number of esters is 2. The van der Waals surface area contributed by atoms with Crippen LogP contribution in [0.4, 0.5) is 13.2 Å². The molecule has 0 aliphatic carbocycles. The van der Waals surface area contributed by atoms with E-state index in [1.165, 1.54) is 70.6 Å². The first-order valence-electron chi connectivity index (χ1n) is 13.4. The predicted molar refractivity (Wildman–Crippen MR) is 131 cm³/mol. The van der Waals surface area contributed by atoms with E-state index in [1.807, 2.05) is 0 Å². The number of rotatable bonds is 21. The molecule has 35 heavy (non-hydrogen) atoms. The molecule has 7 heteroatoms. The average Bonchev–Trinajstić information content (AvgIpc) is 2.83.